The fourth-order valence-corrected chi connectivity index (χ4v) is 3.99. The summed E-state index contributed by atoms with van der Waals surface area (Å²) in [6, 6.07) is 11.6. The molecule has 0 atom stereocenters. The van der Waals surface area contributed by atoms with Crippen molar-refractivity contribution in [3.63, 3.8) is 0 Å². The van der Waals surface area contributed by atoms with Gasteiger partial charge < -0.3 is 5.11 Å². The second-order valence-corrected chi connectivity index (χ2v) is 7.51. The number of pyridine rings is 1. The summed E-state index contributed by atoms with van der Waals surface area (Å²) in [5.74, 6) is 0.848. The minimum absolute atomic E-state index is 0.104. The van der Waals surface area contributed by atoms with Crippen LogP contribution in [0.25, 0.3) is 16.7 Å². The number of fused-ring (bicyclic) bond motifs is 1. The third-order valence-electron chi connectivity index (χ3n) is 5.26. The van der Waals surface area contributed by atoms with Crippen molar-refractivity contribution in [1.29, 1.82) is 0 Å². The molecule has 1 N–H and O–H groups in total. The third-order valence-corrected chi connectivity index (χ3v) is 5.48. The van der Waals surface area contributed by atoms with Crippen LogP contribution in [0.2, 0.25) is 5.02 Å². The Hall–Kier alpha value is -2.21. The number of nitrogens with zero attached hydrogens (tertiary/aromatic N) is 3. The Morgan fingerprint density at radius 3 is 2.67 bits per heavy atom. The number of Topliss-reactive ketones (excluding diaryl/α,β-unsaturated/α-hetero) is 1. The van der Waals surface area contributed by atoms with Crippen LogP contribution in [0.15, 0.2) is 42.6 Å². The van der Waals surface area contributed by atoms with Crippen molar-refractivity contribution in [2.75, 3.05) is 19.6 Å². The van der Waals surface area contributed by atoms with Crippen molar-refractivity contribution in [3.8, 4) is 5.82 Å². The van der Waals surface area contributed by atoms with E-state index in [-0.39, 0.29) is 11.9 Å². The van der Waals surface area contributed by atoms with Crippen LogP contribution in [-0.4, -0.2) is 51.1 Å². The molecule has 6 heteroatoms. The molecule has 0 bridgehead atoms. The van der Waals surface area contributed by atoms with Gasteiger partial charge in [0.05, 0.1) is 23.2 Å². The van der Waals surface area contributed by atoms with E-state index in [0.29, 0.717) is 11.6 Å². The van der Waals surface area contributed by atoms with Crippen molar-refractivity contribution >= 4 is 28.3 Å². The van der Waals surface area contributed by atoms with Gasteiger partial charge in [0.1, 0.15) is 5.82 Å². The first-order valence-corrected chi connectivity index (χ1v) is 9.58. The molecule has 1 saturated heterocycles. The number of piperidine rings is 1. The van der Waals surface area contributed by atoms with Crippen molar-refractivity contribution < 1.29 is 9.90 Å². The van der Waals surface area contributed by atoms with Gasteiger partial charge in [0.2, 0.25) is 0 Å². The quantitative estimate of drug-likeness (QED) is 0.699. The molecule has 1 aliphatic heterocycles. The number of carbonyl (C=O) groups is 1. The van der Waals surface area contributed by atoms with Crippen molar-refractivity contribution in [2.45, 2.75) is 25.9 Å². The van der Waals surface area contributed by atoms with E-state index >= 15 is 0 Å². The van der Waals surface area contributed by atoms with Gasteiger partial charge in [0, 0.05) is 35.9 Å². The molecule has 27 heavy (non-hydrogen) atoms. The molecular formula is C21H22ClN3O2. The van der Waals surface area contributed by atoms with Gasteiger partial charge in [0.15, 0.2) is 5.78 Å². The van der Waals surface area contributed by atoms with Gasteiger partial charge >= 0.3 is 0 Å². The minimum atomic E-state index is -0.240. The molecule has 1 aliphatic rings. The highest BCUT2D eigenvalue weighted by atomic mass is 35.5. The summed E-state index contributed by atoms with van der Waals surface area (Å²) in [6.07, 6.45) is 2.83. The van der Waals surface area contributed by atoms with E-state index < -0.39 is 0 Å². The highest BCUT2D eigenvalue weighted by molar-refractivity contribution is 6.30. The van der Waals surface area contributed by atoms with Crippen molar-refractivity contribution in [1.82, 2.24) is 14.5 Å². The van der Waals surface area contributed by atoms with E-state index in [0.717, 1.165) is 53.9 Å². The lowest BCUT2D eigenvalue weighted by Crippen LogP contribution is -2.39. The lowest BCUT2D eigenvalue weighted by Gasteiger charge is -2.28. The van der Waals surface area contributed by atoms with Crippen LogP contribution in [-0.2, 0) is 0 Å². The lowest BCUT2D eigenvalue weighted by molar-refractivity contribution is 0.0711. The zero-order valence-electron chi connectivity index (χ0n) is 15.2. The van der Waals surface area contributed by atoms with Crippen LogP contribution in [0, 0.1) is 6.92 Å². The first-order valence-electron chi connectivity index (χ1n) is 9.20. The average Bonchev–Trinajstić information content (AvgIpc) is 2.96. The molecule has 1 fully saturated rings. The summed E-state index contributed by atoms with van der Waals surface area (Å²) in [5, 5.41) is 11.2. The topological polar surface area (TPSA) is 58.4 Å². The lowest BCUT2D eigenvalue weighted by atomic mass is 10.0. The maximum atomic E-state index is 13.2. The summed E-state index contributed by atoms with van der Waals surface area (Å²) in [5.41, 5.74) is 2.59. The maximum Gasteiger partial charge on any atom is 0.179 e. The number of halogens is 1. The smallest absolute Gasteiger partial charge is 0.179 e. The Kier molecular flexibility index (Phi) is 5.00. The Labute approximate surface area is 163 Å². The van der Waals surface area contributed by atoms with Gasteiger partial charge in [-0.1, -0.05) is 29.8 Å². The molecule has 3 heterocycles. The van der Waals surface area contributed by atoms with E-state index in [1.807, 2.05) is 41.8 Å². The number of aliphatic hydroxyl groups is 1. The molecule has 2 aromatic heterocycles. The average molecular weight is 384 g/mol. The molecule has 0 saturated carbocycles. The van der Waals surface area contributed by atoms with E-state index in [2.05, 4.69) is 9.88 Å². The number of hydrogen-bond donors (Lipinski definition) is 1. The number of benzene rings is 1. The zero-order valence-corrected chi connectivity index (χ0v) is 16.0. The number of para-hydroxylation sites is 1. The van der Waals surface area contributed by atoms with Gasteiger partial charge in [-0.2, -0.15) is 0 Å². The summed E-state index contributed by atoms with van der Waals surface area (Å²) in [7, 11) is 0. The third kappa shape index (κ3) is 3.50. The van der Waals surface area contributed by atoms with Crippen molar-refractivity contribution in [2.24, 2.45) is 0 Å². The van der Waals surface area contributed by atoms with Gasteiger partial charge in [-0.25, -0.2) is 4.98 Å². The Morgan fingerprint density at radius 1 is 1.22 bits per heavy atom. The second-order valence-electron chi connectivity index (χ2n) is 7.08. The van der Waals surface area contributed by atoms with Crippen LogP contribution in [0.3, 0.4) is 0 Å². The predicted molar refractivity (Wildman–Crippen MR) is 107 cm³/mol. The molecule has 0 unspecified atom stereocenters. The monoisotopic (exact) mass is 383 g/mol. The molecule has 4 rings (SSSR count). The fourth-order valence-electron chi connectivity index (χ4n) is 3.87. The standard InChI is InChI=1S/C21H22ClN3O2/c1-14-21(19(27)13-24-10-8-16(26)9-11-24)17-4-2-3-5-18(17)25(14)20-7-6-15(22)12-23-20/h2-7,12,16,26H,8-11,13H2,1H3. The maximum absolute atomic E-state index is 13.2. The molecule has 0 radical (unpaired) electrons. The molecule has 0 spiro atoms. The summed E-state index contributed by atoms with van der Waals surface area (Å²) in [4.78, 5) is 19.7. The van der Waals surface area contributed by atoms with Crippen LogP contribution in [0.4, 0.5) is 0 Å². The largest absolute Gasteiger partial charge is 0.393 e. The Morgan fingerprint density at radius 2 is 1.96 bits per heavy atom. The first-order chi connectivity index (χ1) is 13.0. The number of hydrogen-bond acceptors (Lipinski definition) is 4. The SMILES string of the molecule is Cc1c(C(=O)CN2CCC(O)CC2)c2ccccc2n1-c1ccc(Cl)cn1. The van der Waals surface area contributed by atoms with Crippen LogP contribution >= 0.6 is 11.6 Å². The molecule has 0 aliphatic carbocycles. The van der Waals surface area contributed by atoms with Crippen molar-refractivity contribution in [3.05, 3.63) is 58.9 Å². The minimum Gasteiger partial charge on any atom is -0.393 e. The van der Waals surface area contributed by atoms with E-state index in [4.69, 9.17) is 11.6 Å². The van der Waals surface area contributed by atoms with E-state index in [1.54, 1.807) is 12.3 Å². The molecule has 0 amide bonds. The number of carbonyl (C=O) groups excluding carboxylic acids is 1. The van der Waals surface area contributed by atoms with Gasteiger partial charge in [-0.3, -0.25) is 14.3 Å². The van der Waals surface area contributed by atoms with Crippen LogP contribution in [0.5, 0.6) is 0 Å². The highest BCUT2D eigenvalue weighted by Gasteiger charge is 2.24. The summed E-state index contributed by atoms with van der Waals surface area (Å²) >= 11 is 5.98. The molecule has 1 aromatic carbocycles. The zero-order chi connectivity index (χ0) is 19.0. The Bertz CT molecular complexity index is 973. The highest BCUT2D eigenvalue weighted by Crippen LogP contribution is 2.29. The number of aliphatic hydroxyl groups excluding tert-OH is 1. The van der Waals surface area contributed by atoms with Gasteiger partial charge in [-0.15, -0.1) is 0 Å². The predicted octanol–water partition coefficient (Wildman–Crippen LogP) is 3.63. The summed E-state index contributed by atoms with van der Waals surface area (Å²) in [6.45, 7) is 3.84. The van der Waals surface area contributed by atoms with Crippen LogP contribution < -0.4 is 0 Å². The fraction of sp³-hybridized carbons (Fsp3) is 0.333. The van der Waals surface area contributed by atoms with Gasteiger partial charge in [0.25, 0.3) is 0 Å². The van der Waals surface area contributed by atoms with E-state index in [1.165, 1.54) is 0 Å². The Balaban J connectivity index is 1.74. The number of likely N-dealkylation sites (tertiary alicyclic amines) is 1. The summed E-state index contributed by atoms with van der Waals surface area (Å²) < 4.78 is 2.01. The van der Waals surface area contributed by atoms with Crippen LogP contribution in [0.1, 0.15) is 28.9 Å². The molecule has 5 nitrogen and oxygen atoms in total. The van der Waals surface area contributed by atoms with Gasteiger partial charge in [-0.05, 0) is 38.0 Å². The number of aromatic nitrogens is 2. The number of ketones is 1. The molecule has 3 aromatic rings. The second kappa shape index (κ2) is 7.43. The van der Waals surface area contributed by atoms with E-state index in [9.17, 15) is 9.90 Å². The first kappa shape index (κ1) is 18.2. The molecular weight excluding hydrogens is 362 g/mol. The normalized spacial score (nSPS) is 16.1. The number of rotatable bonds is 4. The molecule has 140 valence electrons.